The third kappa shape index (κ3) is 7.39. The van der Waals surface area contributed by atoms with Gasteiger partial charge in [-0.2, -0.15) is 0 Å². The molecule has 3 saturated carbocycles. The van der Waals surface area contributed by atoms with Gasteiger partial charge < -0.3 is 29.7 Å². The Bertz CT molecular complexity index is 1940. The number of methoxy groups -OCH3 is 2. The average molecular weight is 767 g/mol. The molecule has 4 fully saturated rings. The van der Waals surface area contributed by atoms with E-state index in [1.807, 2.05) is 45.0 Å². The number of ether oxygens (including phenoxy) is 3. The van der Waals surface area contributed by atoms with Crippen molar-refractivity contribution in [1.29, 1.82) is 0 Å². The van der Waals surface area contributed by atoms with Crippen molar-refractivity contribution in [3.63, 3.8) is 0 Å². The Hall–Kier alpha value is -3.91. The summed E-state index contributed by atoms with van der Waals surface area (Å²) in [7, 11) is -0.649. The van der Waals surface area contributed by atoms with Gasteiger partial charge in [-0.05, 0) is 97.1 Å². The molecule has 2 aliphatic heterocycles. The van der Waals surface area contributed by atoms with E-state index in [9.17, 15) is 27.6 Å². The Kier molecular flexibility index (Phi) is 10.2. The summed E-state index contributed by atoms with van der Waals surface area (Å²) >= 11 is 0. The summed E-state index contributed by atoms with van der Waals surface area (Å²) in [5.41, 5.74) is -1.51. The number of nitrogens with zero attached hydrogens (tertiary/aromatic N) is 1. The molecule has 4 bridgehead atoms. The molecule has 4 amide bonds. The van der Waals surface area contributed by atoms with Crippen molar-refractivity contribution in [1.82, 2.24) is 20.3 Å². The van der Waals surface area contributed by atoms with Crippen LogP contribution in [0.15, 0.2) is 30.3 Å². The SMILES string of the molecule is COc1ccc2ccc3cc2c1CCCCCCOC(=O)N[C@@H](C(C)(C)C)C(=O)N1C[C@@]3(OC)C[C@H]1C(=O)N[C@]1(C(=O)NS(=O)(=O)C2CC2)C[C@H]1C1CC1. The second-order valence-corrected chi connectivity index (χ2v) is 19.1. The maximum atomic E-state index is 14.8. The highest BCUT2D eigenvalue weighted by atomic mass is 32.2. The van der Waals surface area contributed by atoms with Crippen molar-refractivity contribution in [2.24, 2.45) is 17.3 Å². The number of rotatable bonds is 8. The molecule has 13 nitrogen and oxygen atoms in total. The molecule has 2 heterocycles. The lowest BCUT2D eigenvalue weighted by molar-refractivity contribution is -0.143. The predicted octanol–water partition coefficient (Wildman–Crippen LogP) is 4.44. The van der Waals surface area contributed by atoms with Gasteiger partial charge >= 0.3 is 6.09 Å². The van der Waals surface area contributed by atoms with Crippen molar-refractivity contribution in [2.75, 3.05) is 27.4 Å². The van der Waals surface area contributed by atoms with Gasteiger partial charge in [-0.3, -0.25) is 19.1 Å². The van der Waals surface area contributed by atoms with Crippen LogP contribution in [0.25, 0.3) is 10.8 Å². The van der Waals surface area contributed by atoms with Gasteiger partial charge in [-0.15, -0.1) is 0 Å². The molecule has 5 aliphatic rings. The molecule has 3 aliphatic carbocycles. The van der Waals surface area contributed by atoms with E-state index in [-0.39, 0.29) is 31.4 Å². The van der Waals surface area contributed by atoms with Gasteiger partial charge in [0.05, 0.1) is 25.5 Å². The molecule has 0 aromatic heterocycles. The molecule has 54 heavy (non-hydrogen) atoms. The number of hydrogen-bond acceptors (Lipinski definition) is 9. The van der Waals surface area contributed by atoms with Crippen LogP contribution in [-0.4, -0.2) is 87.4 Å². The minimum atomic E-state index is -3.87. The molecule has 14 heteroatoms. The summed E-state index contributed by atoms with van der Waals surface area (Å²) in [6.45, 7) is 5.68. The van der Waals surface area contributed by atoms with Crippen molar-refractivity contribution >= 4 is 44.6 Å². The molecule has 7 rings (SSSR count). The molecular formula is C40H54N4O9S. The standard InChI is InChI=1S/C40H54N4O9S/c1-38(2,3)33-35(46)44-23-39(52-5,22-31(44)34(45)42-40(21-30(40)25-11-12-25)36(47)43-54(49,50)27-16-17-27)26-15-13-24-14-18-32(51-4)28(29(24)20-26)10-8-6-7-9-19-53-37(48)41-33/h13-15,18,20,25,27,30-31,33H,6-12,16-17,19,21-23H2,1-5H3,(H,41,48)(H,42,45)(H,43,47)/t30-,31-,33+,39-,40+/m0/s1. The lowest BCUT2D eigenvalue weighted by atomic mass is 9.85. The molecular weight excluding hydrogens is 713 g/mol. The summed E-state index contributed by atoms with van der Waals surface area (Å²) in [6, 6.07) is 7.85. The van der Waals surface area contributed by atoms with Crippen LogP contribution in [0.2, 0.25) is 0 Å². The predicted molar refractivity (Wildman–Crippen MR) is 201 cm³/mol. The number of fused-ring (bicyclic) bond motifs is 4. The number of amides is 4. The second kappa shape index (κ2) is 14.3. The van der Waals surface area contributed by atoms with E-state index in [4.69, 9.17) is 14.2 Å². The van der Waals surface area contributed by atoms with Crippen molar-refractivity contribution in [2.45, 2.75) is 120 Å². The van der Waals surface area contributed by atoms with Gasteiger partial charge in [0, 0.05) is 19.1 Å². The summed E-state index contributed by atoms with van der Waals surface area (Å²) < 4.78 is 45.8. The van der Waals surface area contributed by atoms with Gasteiger partial charge in [-0.25, -0.2) is 13.2 Å². The largest absolute Gasteiger partial charge is 0.496 e. The number of nitrogens with one attached hydrogen (secondary N) is 3. The highest BCUT2D eigenvalue weighted by Gasteiger charge is 2.67. The van der Waals surface area contributed by atoms with Crippen LogP contribution in [0.1, 0.15) is 96.1 Å². The monoisotopic (exact) mass is 766 g/mol. The van der Waals surface area contributed by atoms with E-state index in [1.54, 1.807) is 14.2 Å². The Morgan fingerprint density at radius 2 is 1.70 bits per heavy atom. The smallest absolute Gasteiger partial charge is 0.407 e. The first kappa shape index (κ1) is 38.4. The Labute approximate surface area is 317 Å². The number of aryl methyl sites for hydroxylation is 1. The molecule has 2 aromatic rings. The molecule has 3 N–H and O–H groups in total. The van der Waals surface area contributed by atoms with Gasteiger partial charge in [0.1, 0.15) is 29.0 Å². The van der Waals surface area contributed by atoms with Gasteiger partial charge in [0.2, 0.25) is 21.8 Å². The van der Waals surface area contributed by atoms with Crippen molar-refractivity contribution < 1.29 is 41.8 Å². The van der Waals surface area contributed by atoms with Crippen molar-refractivity contribution in [3.05, 3.63) is 41.5 Å². The fraction of sp³-hybridized carbons (Fsp3) is 0.650. The van der Waals surface area contributed by atoms with Crippen LogP contribution >= 0.6 is 0 Å². The second-order valence-electron chi connectivity index (χ2n) is 17.1. The Balaban J connectivity index is 1.29. The molecule has 5 atom stereocenters. The first-order valence-corrected chi connectivity index (χ1v) is 20.9. The lowest BCUT2D eigenvalue weighted by Crippen LogP contribution is -2.60. The fourth-order valence-corrected chi connectivity index (χ4v) is 9.97. The van der Waals surface area contributed by atoms with Crippen LogP contribution in [-0.2, 0) is 45.9 Å². The molecule has 0 unspecified atom stereocenters. The van der Waals surface area contributed by atoms with Crippen LogP contribution in [0.4, 0.5) is 4.79 Å². The fourth-order valence-electron chi connectivity index (χ4n) is 8.61. The topological polar surface area (TPSA) is 169 Å². The van der Waals surface area contributed by atoms with Gasteiger partial charge in [0.15, 0.2) is 0 Å². The van der Waals surface area contributed by atoms with E-state index in [0.29, 0.717) is 25.7 Å². The average Bonchev–Trinajstić information content (AvgIpc) is 4.00. The lowest BCUT2D eigenvalue weighted by Gasteiger charge is -2.36. The highest BCUT2D eigenvalue weighted by Crippen LogP contribution is 2.57. The summed E-state index contributed by atoms with van der Waals surface area (Å²) in [5.74, 6) is -1.01. The number of sulfonamides is 1. The summed E-state index contributed by atoms with van der Waals surface area (Å²) in [4.78, 5) is 58.0. The number of hydrogen-bond donors (Lipinski definition) is 3. The summed E-state index contributed by atoms with van der Waals surface area (Å²) in [5, 5.41) is 7.20. The third-order valence-electron chi connectivity index (χ3n) is 12.2. The minimum Gasteiger partial charge on any atom is -0.496 e. The highest BCUT2D eigenvalue weighted by molar-refractivity contribution is 7.91. The van der Waals surface area contributed by atoms with Crippen LogP contribution in [0, 0.1) is 17.3 Å². The van der Waals surface area contributed by atoms with E-state index < -0.39 is 67.7 Å². The molecule has 0 spiro atoms. The number of cyclic esters (lactones) is 1. The minimum absolute atomic E-state index is 0.0180. The number of carbonyl (C=O) groups is 4. The van der Waals surface area contributed by atoms with E-state index in [1.165, 1.54) is 4.90 Å². The van der Waals surface area contributed by atoms with Gasteiger partial charge in [-0.1, -0.05) is 51.8 Å². The molecule has 2 aromatic carbocycles. The normalized spacial score (nSPS) is 29.5. The number of carbonyl (C=O) groups excluding carboxylic acids is 4. The van der Waals surface area contributed by atoms with Crippen LogP contribution < -0.4 is 20.1 Å². The van der Waals surface area contributed by atoms with E-state index in [0.717, 1.165) is 66.2 Å². The molecule has 0 radical (unpaired) electrons. The van der Waals surface area contributed by atoms with E-state index >= 15 is 0 Å². The number of alkyl carbamates (subject to hydrolysis) is 1. The van der Waals surface area contributed by atoms with Crippen molar-refractivity contribution in [3.8, 4) is 5.75 Å². The quantitative estimate of drug-likeness (QED) is 0.352. The molecule has 294 valence electrons. The first-order chi connectivity index (χ1) is 25.6. The Morgan fingerprint density at radius 3 is 2.37 bits per heavy atom. The zero-order valence-electron chi connectivity index (χ0n) is 32.0. The molecule has 1 saturated heterocycles. The zero-order chi connectivity index (χ0) is 38.6. The maximum absolute atomic E-state index is 14.8. The van der Waals surface area contributed by atoms with Gasteiger partial charge in [0.25, 0.3) is 5.91 Å². The van der Waals surface area contributed by atoms with Crippen LogP contribution in [0.5, 0.6) is 5.75 Å². The third-order valence-corrected chi connectivity index (χ3v) is 14.0. The maximum Gasteiger partial charge on any atom is 0.407 e. The first-order valence-electron chi connectivity index (χ1n) is 19.4. The Morgan fingerprint density at radius 1 is 0.981 bits per heavy atom. The van der Waals surface area contributed by atoms with E-state index in [2.05, 4.69) is 21.4 Å². The zero-order valence-corrected chi connectivity index (χ0v) is 32.8. The number of benzene rings is 2. The summed E-state index contributed by atoms with van der Waals surface area (Å²) in [6.07, 6.45) is 6.55. The van der Waals surface area contributed by atoms with Crippen LogP contribution in [0.3, 0.4) is 0 Å².